The molecule has 1 heterocycles. The van der Waals surface area contributed by atoms with E-state index in [1.807, 2.05) is 84.2 Å². The Hall–Kier alpha value is -0.630. The zero-order chi connectivity index (χ0) is 15.6. The Bertz CT molecular complexity index is 617. The van der Waals surface area contributed by atoms with E-state index in [2.05, 4.69) is 13.8 Å². The van der Waals surface area contributed by atoms with Crippen molar-refractivity contribution in [3.8, 4) is 0 Å². The Labute approximate surface area is 141 Å². The van der Waals surface area contributed by atoms with Gasteiger partial charge in [-0.25, -0.2) is 0 Å². The summed E-state index contributed by atoms with van der Waals surface area (Å²) in [5, 5.41) is 1.96. The van der Waals surface area contributed by atoms with Gasteiger partial charge >= 0.3 is 0 Å². The fourth-order valence-electron chi connectivity index (χ4n) is 2.58. The van der Waals surface area contributed by atoms with Crippen LogP contribution < -0.4 is 10.6 Å². The predicted molar refractivity (Wildman–Crippen MR) is 102 cm³/mol. The second-order valence-corrected chi connectivity index (χ2v) is 12.5. The lowest BCUT2D eigenvalue weighted by Crippen LogP contribution is -2.30. The molecule has 1 saturated heterocycles. The standard InChI is InChI=1S/C18H21OPS2/c1-18(2)13-21-17(22-14-18)20(19,15-9-5-3-6-10-15)16-11-7-4-8-12-16/h3-12,17H,13-14H2,1-2H3. The van der Waals surface area contributed by atoms with Crippen LogP contribution in [0.1, 0.15) is 13.8 Å². The third-order valence-electron chi connectivity index (χ3n) is 3.81. The molecule has 1 fully saturated rings. The SMILES string of the molecule is CC1(C)CSC(P(=O)(c2ccccc2)c2ccccc2)SC1. The van der Waals surface area contributed by atoms with E-state index in [4.69, 9.17) is 0 Å². The molecule has 0 N–H and O–H groups in total. The molecule has 0 aliphatic carbocycles. The van der Waals surface area contributed by atoms with Crippen LogP contribution in [0, 0.1) is 5.41 Å². The van der Waals surface area contributed by atoms with Crippen molar-refractivity contribution in [2.75, 3.05) is 11.5 Å². The van der Waals surface area contributed by atoms with E-state index in [1.165, 1.54) is 0 Å². The van der Waals surface area contributed by atoms with Gasteiger partial charge in [-0.05, 0) is 5.41 Å². The van der Waals surface area contributed by atoms with Gasteiger partial charge in [0.25, 0.3) is 0 Å². The van der Waals surface area contributed by atoms with E-state index in [9.17, 15) is 4.57 Å². The molecule has 0 saturated carbocycles. The molecule has 0 atom stereocenters. The first-order valence-electron chi connectivity index (χ1n) is 7.47. The second kappa shape index (κ2) is 6.47. The molecular formula is C18H21OPS2. The third kappa shape index (κ3) is 3.18. The van der Waals surface area contributed by atoms with Gasteiger partial charge in [0.15, 0.2) is 7.14 Å². The minimum Gasteiger partial charge on any atom is -0.312 e. The first kappa shape index (κ1) is 16.2. The van der Waals surface area contributed by atoms with Gasteiger partial charge in [0, 0.05) is 22.1 Å². The highest BCUT2D eigenvalue weighted by Gasteiger charge is 2.41. The highest BCUT2D eigenvalue weighted by atomic mass is 32.2. The molecule has 2 aromatic carbocycles. The minimum atomic E-state index is -2.63. The monoisotopic (exact) mass is 348 g/mol. The van der Waals surface area contributed by atoms with Crippen LogP contribution in [0.15, 0.2) is 60.7 Å². The summed E-state index contributed by atoms with van der Waals surface area (Å²) in [7, 11) is -2.63. The van der Waals surface area contributed by atoms with E-state index in [1.54, 1.807) is 0 Å². The van der Waals surface area contributed by atoms with Crippen molar-refractivity contribution in [2.24, 2.45) is 5.41 Å². The lowest BCUT2D eigenvalue weighted by Gasteiger charge is -2.37. The molecule has 1 nitrogen and oxygen atoms in total. The van der Waals surface area contributed by atoms with Gasteiger partial charge in [-0.1, -0.05) is 74.5 Å². The maximum atomic E-state index is 14.1. The lowest BCUT2D eigenvalue weighted by atomic mass is 10.0. The van der Waals surface area contributed by atoms with Gasteiger partial charge in [-0.3, -0.25) is 0 Å². The molecule has 22 heavy (non-hydrogen) atoms. The first-order valence-corrected chi connectivity index (χ1v) is 11.3. The average molecular weight is 348 g/mol. The smallest absolute Gasteiger partial charge is 0.165 e. The third-order valence-corrected chi connectivity index (χ3v) is 12.5. The molecule has 1 aliphatic rings. The zero-order valence-corrected chi connectivity index (χ0v) is 15.5. The predicted octanol–water partition coefficient (Wildman–Crippen LogP) is 4.79. The molecule has 116 valence electrons. The summed E-state index contributed by atoms with van der Waals surface area (Å²) in [4.78, 5) is 0. The molecule has 0 aromatic heterocycles. The summed E-state index contributed by atoms with van der Waals surface area (Å²) in [6.07, 6.45) is 0. The second-order valence-electron chi connectivity index (χ2n) is 6.42. The summed E-state index contributed by atoms with van der Waals surface area (Å²) in [5.74, 6) is 2.13. The molecular weight excluding hydrogens is 327 g/mol. The van der Waals surface area contributed by atoms with E-state index in [-0.39, 0.29) is 4.32 Å². The zero-order valence-electron chi connectivity index (χ0n) is 12.9. The highest BCUT2D eigenvalue weighted by Crippen LogP contribution is 2.61. The molecule has 0 amide bonds. The van der Waals surface area contributed by atoms with Crippen molar-refractivity contribution in [1.82, 2.24) is 0 Å². The topological polar surface area (TPSA) is 17.1 Å². The summed E-state index contributed by atoms with van der Waals surface area (Å²) in [6.45, 7) is 4.58. The number of thioether (sulfide) groups is 2. The molecule has 0 spiro atoms. The molecule has 3 rings (SSSR count). The van der Waals surface area contributed by atoms with Crippen molar-refractivity contribution in [3.63, 3.8) is 0 Å². The fraction of sp³-hybridized carbons (Fsp3) is 0.333. The van der Waals surface area contributed by atoms with E-state index in [0.717, 1.165) is 22.1 Å². The summed E-state index contributed by atoms with van der Waals surface area (Å²) < 4.78 is 14.3. The summed E-state index contributed by atoms with van der Waals surface area (Å²) in [6, 6.07) is 20.0. The van der Waals surface area contributed by atoms with Gasteiger partial charge in [0.2, 0.25) is 0 Å². The maximum absolute atomic E-state index is 14.1. The summed E-state index contributed by atoms with van der Waals surface area (Å²) in [5.41, 5.74) is 0.323. The van der Waals surface area contributed by atoms with Crippen molar-refractivity contribution in [2.45, 2.75) is 18.2 Å². The Morgan fingerprint density at radius 1 is 0.864 bits per heavy atom. The van der Waals surface area contributed by atoms with Crippen LogP contribution in [0.25, 0.3) is 0 Å². The summed E-state index contributed by atoms with van der Waals surface area (Å²) >= 11 is 3.73. The highest BCUT2D eigenvalue weighted by molar-refractivity contribution is 8.26. The van der Waals surface area contributed by atoms with Crippen molar-refractivity contribution in [1.29, 1.82) is 0 Å². The number of benzene rings is 2. The maximum Gasteiger partial charge on any atom is 0.165 e. The van der Waals surface area contributed by atoms with Crippen LogP contribution in [-0.2, 0) is 4.57 Å². The van der Waals surface area contributed by atoms with Gasteiger partial charge in [-0.2, -0.15) is 0 Å². The Morgan fingerprint density at radius 2 is 1.27 bits per heavy atom. The molecule has 0 radical (unpaired) electrons. The average Bonchev–Trinajstić information content (AvgIpc) is 2.56. The van der Waals surface area contributed by atoms with Gasteiger partial charge < -0.3 is 4.57 Å². The number of hydrogen-bond donors (Lipinski definition) is 0. The van der Waals surface area contributed by atoms with E-state index in [0.29, 0.717) is 5.41 Å². The quantitative estimate of drug-likeness (QED) is 0.743. The largest absolute Gasteiger partial charge is 0.312 e. The molecule has 2 aromatic rings. The molecule has 4 heteroatoms. The Morgan fingerprint density at radius 3 is 1.68 bits per heavy atom. The van der Waals surface area contributed by atoms with Crippen molar-refractivity contribution in [3.05, 3.63) is 60.7 Å². The number of hydrogen-bond acceptors (Lipinski definition) is 3. The van der Waals surface area contributed by atoms with Crippen molar-refractivity contribution >= 4 is 41.3 Å². The van der Waals surface area contributed by atoms with Crippen LogP contribution in [0.4, 0.5) is 0 Å². The van der Waals surface area contributed by atoms with Crippen LogP contribution in [0.5, 0.6) is 0 Å². The fourth-order valence-corrected chi connectivity index (χ4v) is 10.5. The van der Waals surface area contributed by atoms with Gasteiger partial charge in [0.05, 0.1) is 0 Å². The van der Waals surface area contributed by atoms with Crippen LogP contribution in [-0.4, -0.2) is 15.8 Å². The molecule has 0 bridgehead atoms. The van der Waals surface area contributed by atoms with Crippen LogP contribution in [0.2, 0.25) is 0 Å². The van der Waals surface area contributed by atoms with Crippen LogP contribution in [0.3, 0.4) is 0 Å². The van der Waals surface area contributed by atoms with Gasteiger partial charge in [0.1, 0.15) is 4.32 Å². The molecule has 1 aliphatic heterocycles. The normalized spacial score (nSPS) is 19.0. The van der Waals surface area contributed by atoms with Gasteiger partial charge in [-0.15, -0.1) is 23.5 Å². The Balaban J connectivity index is 2.03. The van der Waals surface area contributed by atoms with E-state index >= 15 is 0 Å². The van der Waals surface area contributed by atoms with E-state index < -0.39 is 7.14 Å². The minimum absolute atomic E-state index is 0.116. The van der Waals surface area contributed by atoms with Crippen LogP contribution >= 0.6 is 30.7 Å². The molecule has 0 unspecified atom stereocenters. The van der Waals surface area contributed by atoms with Crippen molar-refractivity contribution < 1.29 is 4.57 Å². The lowest BCUT2D eigenvalue weighted by molar-refractivity contribution is 0.490. The first-order chi connectivity index (χ1) is 10.5. The Kier molecular flexibility index (Phi) is 4.77. The number of rotatable bonds is 3.